The predicted molar refractivity (Wildman–Crippen MR) is 89.5 cm³/mol. The molecule has 0 N–H and O–H groups in total. The average Bonchev–Trinajstić information content (AvgIpc) is 3.11. The summed E-state index contributed by atoms with van der Waals surface area (Å²) in [5.41, 5.74) is 4.63. The maximum atomic E-state index is 4.88. The van der Waals surface area contributed by atoms with E-state index < -0.39 is 0 Å². The molecule has 5 rings (SSSR count). The molecule has 23 heavy (non-hydrogen) atoms. The first-order chi connectivity index (χ1) is 11.4. The van der Waals surface area contributed by atoms with Crippen molar-refractivity contribution in [2.75, 3.05) is 11.4 Å². The summed E-state index contributed by atoms with van der Waals surface area (Å²) >= 11 is 0. The molecule has 0 amide bonds. The fourth-order valence-corrected chi connectivity index (χ4v) is 3.38. The smallest absolute Gasteiger partial charge is 0.213 e. The van der Waals surface area contributed by atoms with Crippen molar-refractivity contribution >= 4 is 22.5 Å². The van der Waals surface area contributed by atoms with Gasteiger partial charge in [-0.25, -0.2) is 4.98 Å². The van der Waals surface area contributed by atoms with Crippen LogP contribution in [0.25, 0.3) is 16.6 Å². The molecule has 3 heterocycles. The summed E-state index contributed by atoms with van der Waals surface area (Å²) in [4.78, 5) is 7.19. The summed E-state index contributed by atoms with van der Waals surface area (Å²) in [5, 5.41) is 9.42. The number of hydrogen-bond acceptors (Lipinski definition) is 4. The van der Waals surface area contributed by atoms with Gasteiger partial charge in [0.1, 0.15) is 6.33 Å². The Balaban J connectivity index is 1.69. The predicted octanol–water partition coefficient (Wildman–Crippen LogP) is 2.84. The van der Waals surface area contributed by atoms with Crippen molar-refractivity contribution in [2.45, 2.75) is 13.0 Å². The topological polar surface area (TPSA) is 46.3 Å². The van der Waals surface area contributed by atoms with Crippen LogP contribution in [-0.2, 0) is 13.0 Å². The highest BCUT2D eigenvalue weighted by molar-refractivity contribution is 5.92. The minimum Gasteiger partial charge on any atom is -0.337 e. The van der Waals surface area contributed by atoms with Crippen LogP contribution in [0.5, 0.6) is 0 Å². The van der Waals surface area contributed by atoms with Crippen LogP contribution >= 0.6 is 0 Å². The summed E-state index contributed by atoms with van der Waals surface area (Å²) in [6, 6.07) is 16.7. The number of para-hydroxylation sites is 1. The van der Waals surface area contributed by atoms with Crippen molar-refractivity contribution in [2.24, 2.45) is 0 Å². The first kappa shape index (κ1) is 12.6. The van der Waals surface area contributed by atoms with Gasteiger partial charge in [-0.05, 0) is 29.7 Å². The van der Waals surface area contributed by atoms with E-state index in [0.717, 1.165) is 42.0 Å². The van der Waals surface area contributed by atoms with E-state index in [-0.39, 0.29) is 0 Å². The Kier molecular flexibility index (Phi) is 2.61. The Morgan fingerprint density at radius 2 is 1.74 bits per heavy atom. The molecule has 2 aromatic carbocycles. The number of anilines is 1. The number of hydrogen-bond donors (Lipinski definition) is 0. The van der Waals surface area contributed by atoms with E-state index in [1.54, 1.807) is 6.33 Å². The van der Waals surface area contributed by atoms with Gasteiger partial charge in [0, 0.05) is 18.5 Å². The monoisotopic (exact) mass is 301 g/mol. The Bertz CT molecular complexity index is 1020. The largest absolute Gasteiger partial charge is 0.337 e. The molecule has 0 spiro atoms. The molecule has 1 aliphatic rings. The Labute approximate surface area is 133 Å². The lowest BCUT2D eigenvalue weighted by Crippen LogP contribution is -2.32. The Hall–Kier alpha value is -2.95. The molecule has 0 saturated heterocycles. The molecular weight excluding hydrogens is 286 g/mol. The number of nitrogens with zero attached hydrogens (tertiary/aromatic N) is 5. The normalized spacial score (nSPS) is 14.3. The fraction of sp³-hybridized carbons (Fsp3) is 0.167. The lowest BCUT2D eigenvalue weighted by Gasteiger charge is -2.30. The van der Waals surface area contributed by atoms with Crippen LogP contribution in [0, 0.1) is 0 Å². The van der Waals surface area contributed by atoms with Gasteiger partial charge in [0.2, 0.25) is 5.95 Å². The van der Waals surface area contributed by atoms with Gasteiger partial charge in [0.05, 0.1) is 5.52 Å². The number of benzene rings is 2. The highest BCUT2D eigenvalue weighted by atomic mass is 15.3. The summed E-state index contributed by atoms with van der Waals surface area (Å²) in [6.45, 7) is 1.82. The van der Waals surface area contributed by atoms with Crippen molar-refractivity contribution < 1.29 is 0 Å². The van der Waals surface area contributed by atoms with Gasteiger partial charge in [0.15, 0.2) is 5.65 Å². The lowest BCUT2D eigenvalue weighted by molar-refractivity contribution is 0.703. The third kappa shape index (κ3) is 1.90. The zero-order chi connectivity index (χ0) is 15.2. The van der Waals surface area contributed by atoms with Crippen LogP contribution in [0.1, 0.15) is 11.1 Å². The van der Waals surface area contributed by atoms with Gasteiger partial charge in [-0.2, -0.15) is 0 Å². The first-order valence-corrected chi connectivity index (χ1v) is 7.80. The number of fused-ring (bicyclic) bond motifs is 4. The summed E-state index contributed by atoms with van der Waals surface area (Å²) in [6.07, 6.45) is 2.79. The van der Waals surface area contributed by atoms with Gasteiger partial charge in [-0.3, -0.25) is 4.40 Å². The van der Waals surface area contributed by atoms with E-state index in [1.165, 1.54) is 11.1 Å². The second-order valence-corrected chi connectivity index (χ2v) is 5.89. The quantitative estimate of drug-likeness (QED) is 0.542. The lowest BCUT2D eigenvalue weighted by atomic mass is 10.0. The molecule has 112 valence electrons. The summed E-state index contributed by atoms with van der Waals surface area (Å²) < 4.78 is 2.00. The SMILES string of the molecule is c1ccc2c(c1)CCN(c1nc3ccccc3c3nncn13)C2. The maximum absolute atomic E-state index is 4.88. The van der Waals surface area contributed by atoms with E-state index in [0.29, 0.717) is 0 Å². The summed E-state index contributed by atoms with van der Waals surface area (Å²) in [5.74, 6) is 0.915. The van der Waals surface area contributed by atoms with Crippen molar-refractivity contribution in [3.8, 4) is 0 Å². The first-order valence-electron chi connectivity index (χ1n) is 7.80. The van der Waals surface area contributed by atoms with Gasteiger partial charge in [0.25, 0.3) is 0 Å². The van der Waals surface area contributed by atoms with Crippen molar-refractivity contribution in [1.29, 1.82) is 0 Å². The van der Waals surface area contributed by atoms with Crippen LogP contribution in [0.4, 0.5) is 5.95 Å². The van der Waals surface area contributed by atoms with E-state index in [9.17, 15) is 0 Å². The second-order valence-electron chi connectivity index (χ2n) is 5.89. The van der Waals surface area contributed by atoms with Gasteiger partial charge in [-0.15, -0.1) is 10.2 Å². The molecule has 4 aromatic rings. The van der Waals surface area contributed by atoms with E-state index in [2.05, 4.69) is 39.4 Å². The number of aromatic nitrogens is 4. The fourth-order valence-electron chi connectivity index (χ4n) is 3.38. The molecule has 0 aliphatic carbocycles. The Morgan fingerprint density at radius 3 is 2.70 bits per heavy atom. The molecule has 0 fully saturated rings. The van der Waals surface area contributed by atoms with Crippen LogP contribution in [-0.4, -0.2) is 26.1 Å². The van der Waals surface area contributed by atoms with E-state index in [1.807, 2.05) is 28.7 Å². The van der Waals surface area contributed by atoms with E-state index >= 15 is 0 Å². The summed E-state index contributed by atoms with van der Waals surface area (Å²) in [7, 11) is 0. The molecule has 5 nitrogen and oxygen atoms in total. The molecular formula is C18H15N5. The third-order valence-electron chi connectivity index (χ3n) is 4.54. The minimum atomic E-state index is 0.865. The van der Waals surface area contributed by atoms with Crippen molar-refractivity contribution in [3.63, 3.8) is 0 Å². The van der Waals surface area contributed by atoms with Crippen molar-refractivity contribution in [1.82, 2.24) is 19.6 Å². The second kappa shape index (κ2) is 4.78. The van der Waals surface area contributed by atoms with Gasteiger partial charge in [-0.1, -0.05) is 36.4 Å². The standard InChI is InChI=1S/C18H15N5/c1-2-6-14-11-22(10-9-13(14)5-1)18-20-16-8-4-3-7-15(16)17-21-19-12-23(17)18/h1-8,12H,9-11H2. The van der Waals surface area contributed by atoms with Gasteiger partial charge >= 0.3 is 0 Å². The number of rotatable bonds is 1. The highest BCUT2D eigenvalue weighted by Crippen LogP contribution is 2.26. The van der Waals surface area contributed by atoms with Crippen molar-refractivity contribution in [3.05, 3.63) is 66.0 Å². The highest BCUT2D eigenvalue weighted by Gasteiger charge is 2.20. The zero-order valence-corrected chi connectivity index (χ0v) is 12.6. The molecule has 1 aliphatic heterocycles. The molecule has 5 heteroatoms. The average molecular weight is 301 g/mol. The molecule has 0 unspecified atom stereocenters. The molecule has 0 radical (unpaired) electrons. The third-order valence-corrected chi connectivity index (χ3v) is 4.54. The molecule has 2 aromatic heterocycles. The van der Waals surface area contributed by atoms with Crippen LogP contribution in [0.15, 0.2) is 54.9 Å². The minimum absolute atomic E-state index is 0.865. The van der Waals surface area contributed by atoms with Crippen LogP contribution in [0.3, 0.4) is 0 Å². The zero-order valence-electron chi connectivity index (χ0n) is 12.6. The Morgan fingerprint density at radius 1 is 0.913 bits per heavy atom. The molecule has 0 saturated carbocycles. The van der Waals surface area contributed by atoms with Gasteiger partial charge < -0.3 is 4.90 Å². The molecule has 0 atom stereocenters. The van der Waals surface area contributed by atoms with E-state index in [4.69, 9.17) is 4.98 Å². The van der Waals surface area contributed by atoms with Crippen LogP contribution in [0.2, 0.25) is 0 Å². The van der Waals surface area contributed by atoms with Crippen LogP contribution < -0.4 is 4.90 Å². The molecule has 0 bridgehead atoms. The maximum Gasteiger partial charge on any atom is 0.213 e.